The van der Waals surface area contributed by atoms with Crippen LogP contribution in [0, 0.1) is 0 Å². The third-order valence-electron chi connectivity index (χ3n) is 5.16. The molecule has 0 saturated heterocycles. The zero-order chi connectivity index (χ0) is 21.2. The normalized spacial score (nSPS) is 10.9. The van der Waals surface area contributed by atoms with Crippen LogP contribution in [0.25, 0.3) is 44.9 Å². The quantitative estimate of drug-likeness (QED) is 0.448. The standard InChI is InChI=1S/C25H18BN3O2/c30-26(31)20-15-13-19(14-16-20)24-27-23(18-8-2-1-3-9-18)28-25(29-24)22-12-6-10-17-7-4-5-11-21(17)22/h1-16,30-31H. The number of fused-ring (bicyclic) bond motifs is 1. The Kier molecular flexibility index (Phi) is 5.00. The van der Waals surface area contributed by atoms with Crippen LogP contribution in [0.1, 0.15) is 0 Å². The van der Waals surface area contributed by atoms with Gasteiger partial charge in [-0.25, -0.2) is 15.0 Å². The van der Waals surface area contributed by atoms with E-state index in [-0.39, 0.29) is 0 Å². The van der Waals surface area contributed by atoms with E-state index in [1.807, 2.05) is 54.6 Å². The van der Waals surface area contributed by atoms with Crippen molar-refractivity contribution < 1.29 is 10.0 Å². The van der Waals surface area contributed by atoms with Gasteiger partial charge in [0.2, 0.25) is 0 Å². The summed E-state index contributed by atoms with van der Waals surface area (Å²) in [6.07, 6.45) is 0. The molecular weight excluding hydrogens is 385 g/mol. The molecule has 5 rings (SSSR count). The summed E-state index contributed by atoms with van der Waals surface area (Å²) in [4.78, 5) is 14.3. The second-order valence-electron chi connectivity index (χ2n) is 7.19. The van der Waals surface area contributed by atoms with Gasteiger partial charge in [-0.15, -0.1) is 0 Å². The molecule has 5 aromatic rings. The summed E-state index contributed by atoms with van der Waals surface area (Å²) in [5.41, 5.74) is 3.01. The molecule has 0 unspecified atom stereocenters. The highest BCUT2D eigenvalue weighted by atomic mass is 16.4. The van der Waals surface area contributed by atoms with Gasteiger partial charge in [-0.3, -0.25) is 0 Å². The van der Waals surface area contributed by atoms with Crippen molar-refractivity contribution in [1.82, 2.24) is 15.0 Å². The van der Waals surface area contributed by atoms with Crippen LogP contribution in [0.4, 0.5) is 0 Å². The lowest BCUT2D eigenvalue weighted by atomic mass is 9.80. The minimum absolute atomic E-state index is 0.412. The molecular formula is C25H18BN3O2. The summed E-state index contributed by atoms with van der Waals surface area (Å²) in [5.74, 6) is 1.70. The van der Waals surface area contributed by atoms with Crippen LogP contribution in [0.15, 0.2) is 97.1 Å². The zero-order valence-corrected chi connectivity index (χ0v) is 16.6. The average Bonchev–Trinajstić information content (AvgIpc) is 2.84. The van der Waals surface area contributed by atoms with Crippen molar-refractivity contribution in [2.45, 2.75) is 0 Å². The highest BCUT2D eigenvalue weighted by Gasteiger charge is 2.15. The van der Waals surface area contributed by atoms with E-state index < -0.39 is 7.12 Å². The SMILES string of the molecule is OB(O)c1ccc(-c2nc(-c3ccccc3)nc(-c3cccc4ccccc34)n2)cc1. The number of nitrogens with zero attached hydrogens (tertiary/aromatic N) is 3. The maximum atomic E-state index is 9.39. The zero-order valence-electron chi connectivity index (χ0n) is 16.6. The van der Waals surface area contributed by atoms with E-state index in [0.717, 1.165) is 27.5 Å². The molecule has 0 bridgehead atoms. The van der Waals surface area contributed by atoms with E-state index in [1.165, 1.54) is 0 Å². The fraction of sp³-hybridized carbons (Fsp3) is 0. The minimum atomic E-state index is -1.52. The van der Waals surface area contributed by atoms with Crippen molar-refractivity contribution in [1.29, 1.82) is 0 Å². The maximum absolute atomic E-state index is 9.39. The van der Waals surface area contributed by atoms with Crippen LogP contribution in [0.5, 0.6) is 0 Å². The number of rotatable bonds is 4. The molecule has 0 saturated carbocycles. The fourth-order valence-corrected chi connectivity index (χ4v) is 3.57. The molecule has 31 heavy (non-hydrogen) atoms. The van der Waals surface area contributed by atoms with Crippen molar-refractivity contribution in [2.75, 3.05) is 0 Å². The molecule has 0 radical (unpaired) electrons. The predicted octanol–water partition coefficient (Wildman–Crippen LogP) is 3.71. The number of aromatic nitrogens is 3. The number of hydrogen-bond donors (Lipinski definition) is 2. The molecule has 148 valence electrons. The van der Waals surface area contributed by atoms with Gasteiger partial charge in [0.25, 0.3) is 0 Å². The van der Waals surface area contributed by atoms with Crippen LogP contribution < -0.4 is 5.46 Å². The van der Waals surface area contributed by atoms with E-state index in [9.17, 15) is 10.0 Å². The van der Waals surface area contributed by atoms with Gasteiger partial charge in [0.05, 0.1) is 0 Å². The van der Waals surface area contributed by atoms with Crippen LogP contribution in [-0.4, -0.2) is 32.1 Å². The molecule has 0 fully saturated rings. The van der Waals surface area contributed by atoms with Crippen molar-refractivity contribution in [3.8, 4) is 34.2 Å². The van der Waals surface area contributed by atoms with E-state index in [1.54, 1.807) is 24.3 Å². The van der Waals surface area contributed by atoms with Gasteiger partial charge in [0.15, 0.2) is 17.5 Å². The fourth-order valence-electron chi connectivity index (χ4n) is 3.57. The lowest BCUT2D eigenvalue weighted by molar-refractivity contribution is 0.426. The summed E-state index contributed by atoms with van der Waals surface area (Å²) < 4.78 is 0. The first-order chi connectivity index (χ1) is 15.2. The summed E-state index contributed by atoms with van der Waals surface area (Å²) in [6, 6.07) is 30.9. The Morgan fingerprint density at radius 2 is 1.10 bits per heavy atom. The van der Waals surface area contributed by atoms with Gasteiger partial charge in [-0.2, -0.15) is 0 Å². The molecule has 1 heterocycles. The molecule has 6 heteroatoms. The summed E-state index contributed by atoms with van der Waals surface area (Å²) in [7, 11) is -1.52. The first-order valence-electron chi connectivity index (χ1n) is 9.95. The summed E-state index contributed by atoms with van der Waals surface area (Å²) >= 11 is 0. The van der Waals surface area contributed by atoms with Crippen LogP contribution in [0.2, 0.25) is 0 Å². The van der Waals surface area contributed by atoms with Crippen molar-refractivity contribution >= 4 is 23.4 Å². The topological polar surface area (TPSA) is 79.1 Å². The Morgan fingerprint density at radius 3 is 1.81 bits per heavy atom. The molecule has 0 aliphatic heterocycles. The average molecular weight is 403 g/mol. The molecule has 4 aromatic carbocycles. The lowest BCUT2D eigenvalue weighted by Gasteiger charge is -2.10. The van der Waals surface area contributed by atoms with Crippen LogP contribution >= 0.6 is 0 Å². The molecule has 0 spiro atoms. The molecule has 0 aliphatic carbocycles. The van der Waals surface area contributed by atoms with Crippen molar-refractivity contribution in [3.05, 3.63) is 97.1 Å². The largest absolute Gasteiger partial charge is 0.488 e. The first-order valence-corrected chi connectivity index (χ1v) is 9.95. The monoisotopic (exact) mass is 403 g/mol. The second-order valence-corrected chi connectivity index (χ2v) is 7.19. The van der Waals surface area contributed by atoms with Gasteiger partial charge >= 0.3 is 7.12 Å². The number of benzene rings is 4. The van der Waals surface area contributed by atoms with E-state index in [2.05, 4.69) is 18.2 Å². The molecule has 5 nitrogen and oxygen atoms in total. The summed E-state index contributed by atoms with van der Waals surface area (Å²) in [6.45, 7) is 0. The third-order valence-corrected chi connectivity index (χ3v) is 5.16. The molecule has 0 aliphatic rings. The number of hydrogen-bond acceptors (Lipinski definition) is 5. The smallest absolute Gasteiger partial charge is 0.423 e. The Labute approximate surface area is 179 Å². The third kappa shape index (κ3) is 3.82. The van der Waals surface area contributed by atoms with Crippen LogP contribution in [0.3, 0.4) is 0 Å². The maximum Gasteiger partial charge on any atom is 0.488 e. The Bertz CT molecular complexity index is 1350. The summed E-state index contributed by atoms with van der Waals surface area (Å²) in [5, 5.41) is 21.0. The predicted molar refractivity (Wildman–Crippen MR) is 123 cm³/mol. The van der Waals surface area contributed by atoms with Gasteiger partial charge < -0.3 is 10.0 Å². The van der Waals surface area contributed by atoms with Gasteiger partial charge in [0, 0.05) is 16.7 Å². The highest BCUT2D eigenvalue weighted by Crippen LogP contribution is 2.29. The van der Waals surface area contributed by atoms with Crippen molar-refractivity contribution in [2.24, 2.45) is 0 Å². The van der Waals surface area contributed by atoms with Gasteiger partial charge in [0.1, 0.15) is 0 Å². The van der Waals surface area contributed by atoms with E-state index >= 15 is 0 Å². The molecule has 0 atom stereocenters. The Hall–Kier alpha value is -3.87. The van der Waals surface area contributed by atoms with E-state index in [4.69, 9.17) is 15.0 Å². The second kappa shape index (κ2) is 8.10. The highest BCUT2D eigenvalue weighted by molar-refractivity contribution is 6.58. The van der Waals surface area contributed by atoms with Crippen LogP contribution in [-0.2, 0) is 0 Å². The first kappa shape index (κ1) is 19.1. The van der Waals surface area contributed by atoms with Gasteiger partial charge in [-0.1, -0.05) is 97.1 Å². The molecule has 0 amide bonds. The Balaban J connectivity index is 1.72. The minimum Gasteiger partial charge on any atom is -0.423 e. The molecule has 1 aromatic heterocycles. The van der Waals surface area contributed by atoms with Gasteiger partial charge in [-0.05, 0) is 16.2 Å². The lowest BCUT2D eigenvalue weighted by Crippen LogP contribution is -2.29. The molecule has 2 N–H and O–H groups in total. The van der Waals surface area contributed by atoms with Crippen molar-refractivity contribution in [3.63, 3.8) is 0 Å². The van der Waals surface area contributed by atoms with E-state index in [0.29, 0.717) is 22.9 Å². The Morgan fingerprint density at radius 1 is 0.516 bits per heavy atom.